The van der Waals surface area contributed by atoms with E-state index in [0.29, 0.717) is 21.3 Å². The number of aldehydes is 1. The van der Waals surface area contributed by atoms with Gasteiger partial charge in [0.05, 0.1) is 4.91 Å². The van der Waals surface area contributed by atoms with E-state index in [1.165, 1.54) is 11.8 Å². The summed E-state index contributed by atoms with van der Waals surface area (Å²) >= 11 is 6.58. The number of thioether (sulfide) groups is 1. The molecule has 0 unspecified atom stereocenters. The van der Waals surface area contributed by atoms with E-state index in [4.69, 9.17) is 12.2 Å². The summed E-state index contributed by atoms with van der Waals surface area (Å²) in [6.45, 7) is 1.37. The number of benzene rings is 1. The number of rotatable bonds is 5. The number of likely N-dealkylation sites (N-methyl/N-ethyl adjacent to an activating group) is 1. The molecule has 1 aromatic carbocycles. The van der Waals surface area contributed by atoms with Gasteiger partial charge in [-0.3, -0.25) is 14.5 Å². The van der Waals surface area contributed by atoms with Gasteiger partial charge in [-0.25, -0.2) is 0 Å². The fourth-order valence-electron chi connectivity index (χ4n) is 1.81. The molecule has 1 fully saturated rings. The second-order valence-electron chi connectivity index (χ2n) is 4.92. The number of thiocarbonyl (C=S) groups is 1. The number of nitrogens with zero attached hydrogens (tertiary/aromatic N) is 2. The van der Waals surface area contributed by atoms with Crippen LogP contribution in [0, 0.1) is 0 Å². The van der Waals surface area contributed by atoms with Crippen molar-refractivity contribution >= 4 is 46.6 Å². The van der Waals surface area contributed by atoms with Gasteiger partial charge >= 0.3 is 0 Å². The van der Waals surface area contributed by atoms with Gasteiger partial charge in [0.2, 0.25) is 0 Å². The largest absolute Gasteiger partial charge is 0.308 e. The van der Waals surface area contributed by atoms with Crippen molar-refractivity contribution < 1.29 is 9.59 Å². The molecule has 0 atom stereocenters. The number of hydrogen-bond donors (Lipinski definition) is 0. The van der Waals surface area contributed by atoms with Crippen LogP contribution in [-0.4, -0.2) is 53.5 Å². The highest BCUT2D eigenvalue weighted by Gasteiger charge is 2.31. The third kappa shape index (κ3) is 4.00. The van der Waals surface area contributed by atoms with Gasteiger partial charge in [-0.1, -0.05) is 48.2 Å². The third-order valence-corrected chi connectivity index (χ3v) is 4.39. The quantitative estimate of drug-likeness (QED) is 0.473. The molecule has 1 aromatic rings. The first-order valence-corrected chi connectivity index (χ1v) is 7.69. The lowest BCUT2D eigenvalue weighted by Gasteiger charge is -2.17. The smallest absolute Gasteiger partial charge is 0.266 e. The highest BCUT2D eigenvalue weighted by atomic mass is 32.2. The zero-order valence-corrected chi connectivity index (χ0v) is 13.5. The Kier molecular flexibility index (Phi) is 5.27. The van der Waals surface area contributed by atoms with Gasteiger partial charge in [0, 0.05) is 18.7 Å². The molecule has 0 radical (unpaired) electrons. The Morgan fingerprint density at radius 2 is 1.86 bits per heavy atom. The molecule has 0 spiro atoms. The lowest BCUT2D eigenvalue weighted by atomic mass is 10.1. The Balaban J connectivity index is 2.13. The zero-order valence-electron chi connectivity index (χ0n) is 11.9. The van der Waals surface area contributed by atoms with E-state index in [-0.39, 0.29) is 5.91 Å². The van der Waals surface area contributed by atoms with Crippen molar-refractivity contribution in [2.75, 3.05) is 27.2 Å². The molecule has 110 valence electrons. The molecule has 2 rings (SSSR count). The lowest BCUT2D eigenvalue weighted by Crippen LogP contribution is -2.34. The van der Waals surface area contributed by atoms with E-state index in [1.54, 1.807) is 17.0 Å². The van der Waals surface area contributed by atoms with Gasteiger partial charge < -0.3 is 4.90 Å². The van der Waals surface area contributed by atoms with Gasteiger partial charge in [-0.15, -0.1) is 0 Å². The van der Waals surface area contributed by atoms with Crippen LogP contribution >= 0.6 is 24.0 Å². The molecule has 0 N–H and O–H groups in total. The minimum absolute atomic E-state index is 0.0497. The highest BCUT2D eigenvalue weighted by molar-refractivity contribution is 8.26. The van der Waals surface area contributed by atoms with Crippen molar-refractivity contribution in [3.63, 3.8) is 0 Å². The summed E-state index contributed by atoms with van der Waals surface area (Å²) in [5.41, 5.74) is 1.50. The summed E-state index contributed by atoms with van der Waals surface area (Å²) in [6, 6.07) is 7.09. The summed E-state index contributed by atoms with van der Waals surface area (Å²) in [4.78, 5) is 27.2. The van der Waals surface area contributed by atoms with Crippen molar-refractivity contribution in [2.24, 2.45) is 0 Å². The van der Waals surface area contributed by atoms with Crippen LogP contribution in [0.2, 0.25) is 0 Å². The van der Waals surface area contributed by atoms with Crippen LogP contribution in [0.25, 0.3) is 6.08 Å². The maximum atomic E-state index is 12.3. The molecule has 1 heterocycles. The SMILES string of the molecule is CN(C)CCN1C(=O)C(=Cc2ccc(C=O)cc2)SC1=S. The second kappa shape index (κ2) is 6.98. The van der Waals surface area contributed by atoms with Crippen LogP contribution in [-0.2, 0) is 4.79 Å². The van der Waals surface area contributed by atoms with E-state index < -0.39 is 0 Å². The number of amides is 1. The summed E-state index contributed by atoms with van der Waals surface area (Å²) in [5.74, 6) is -0.0497. The molecule has 1 aliphatic heterocycles. The molecule has 1 saturated heterocycles. The van der Waals surface area contributed by atoms with E-state index in [9.17, 15) is 9.59 Å². The molecule has 0 bridgehead atoms. The Morgan fingerprint density at radius 3 is 2.43 bits per heavy atom. The summed E-state index contributed by atoms with van der Waals surface area (Å²) < 4.78 is 0.595. The number of hydrogen-bond acceptors (Lipinski definition) is 5. The maximum Gasteiger partial charge on any atom is 0.266 e. The van der Waals surface area contributed by atoms with Gasteiger partial charge in [-0.2, -0.15) is 0 Å². The van der Waals surface area contributed by atoms with Crippen LogP contribution in [0.3, 0.4) is 0 Å². The maximum absolute atomic E-state index is 12.3. The fraction of sp³-hybridized carbons (Fsp3) is 0.267. The summed E-state index contributed by atoms with van der Waals surface area (Å²) in [5, 5.41) is 0. The van der Waals surface area contributed by atoms with Crippen molar-refractivity contribution in [1.29, 1.82) is 0 Å². The van der Waals surface area contributed by atoms with Gasteiger partial charge in [0.25, 0.3) is 5.91 Å². The average molecular weight is 320 g/mol. The highest BCUT2D eigenvalue weighted by Crippen LogP contribution is 2.32. The normalized spacial score (nSPS) is 17.1. The van der Waals surface area contributed by atoms with Gasteiger partial charge in [-0.05, 0) is 25.7 Å². The van der Waals surface area contributed by atoms with Crippen LogP contribution in [0.15, 0.2) is 29.2 Å². The molecular weight excluding hydrogens is 304 g/mol. The minimum Gasteiger partial charge on any atom is -0.308 e. The number of carbonyl (C=O) groups excluding carboxylic acids is 2. The zero-order chi connectivity index (χ0) is 15.4. The standard InChI is InChI=1S/C15H16N2O2S2/c1-16(2)7-8-17-14(19)13(21-15(17)20)9-11-3-5-12(10-18)6-4-11/h3-6,9-10H,7-8H2,1-2H3. The van der Waals surface area contributed by atoms with E-state index in [0.717, 1.165) is 18.4 Å². The van der Waals surface area contributed by atoms with Gasteiger partial charge in [0.15, 0.2) is 0 Å². The van der Waals surface area contributed by atoms with E-state index in [2.05, 4.69) is 0 Å². The Morgan fingerprint density at radius 1 is 1.24 bits per heavy atom. The third-order valence-electron chi connectivity index (χ3n) is 3.01. The minimum atomic E-state index is -0.0497. The molecule has 0 aromatic heterocycles. The van der Waals surface area contributed by atoms with Crippen molar-refractivity contribution in [3.8, 4) is 0 Å². The van der Waals surface area contributed by atoms with Crippen LogP contribution in [0.1, 0.15) is 15.9 Å². The Bertz CT molecular complexity index is 594. The molecule has 6 heteroatoms. The van der Waals surface area contributed by atoms with Crippen LogP contribution in [0.4, 0.5) is 0 Å². The van der Waals surface area contributed by atoms with Gasteiger partial charge in [0.1, 0.15) is 10.6 Å². The fourth-order valence-corrected chi connectivity index (χ4v) is 3.12. The van der Waals surface area contributed by atoms with Crippen molar-refractivity contribution in [3.05, 3.63) is 40.3 Å². The summed E-state index contributed by atoms with van der Waals surface area (Å²) in [6.07, 6.45) is 2.61. The predicted molar refractivity (Wildman–Crippen MR) is 90.3 cm³/mol. The average Bonchev–Trinajstić information content (AvgIpc) is 2.72. The number of carbonyl (C=O) groups is 2. The summed E-state index contributed by atoms with van der Waals surface area (Å²) in [7, 11) is 3.92. The van der Waals surface area contributed by atoms with Crippen LogP contribution in [0.5, 0.6) is 0 Å². The molecule has 0 aliphatic carbocycles. The van der Waals surface area contributed by atoms with E-state index >= 15 is 0 Å². The molecular formula is C15H16N2O2S2. The molecule has 0 saturated carbocycles. The Labute approximate surface area is 133 Å². The molecule has 1 amide bonds. The molecule has 4 nitrogen and oxygen atoms in total. The van der Waals surface area contributed by atoms with Crippen molar-refractivity contribution in [1.82, 2.24) is 9.80 Å². The van der Waals surface area contributed by atoms with E-state index in [1.807, 2.05) is 37.2 Å². The molecule has 1 aliphatic rings. The Hall–Kier alpha value is -1.50. The lowest BCUT2D eigenvalue weighted by molar-refractivity contribution is -0.122. The monoisotopic (exact) mass is 320 g/mol. The topological polar surface area (TPSA) is 40.6 Å². The first-order valence-electron chi connectivity index (χ1n) is 6.46. The first-order chi connectivity index (χ1) is 10.0. The van der Waals surface area contributed by atoms with Crippen molar-refractivity contribution in [2.45, 2.75) is 0 Å². The second-order valence-corrected chi connectivity index (χ2v) is 6.60. The predicted octanol–water partition coefficient (Wildman–Crippen LogP) is 2.26. The molecule has 21 heavy (non-hydrogen) atoms. The van der Waals surface area contributed by atoms with Crippen LogP contribution < -0.4 is 0 Å². The first kappa shape index (κ1) is 15.9.